The van der Waals surface area contributed by atoms with Crippen LogP contribution in [0.3, 0.4) is 0 Å². The molecule has 0 atom stereocenters. The van der Waals surface area contributed by atoms with Gasteiger partial charge in [0.25, 0.3) is 0 Å². The zero-order valence-corrected chi connectivity index (χ0v) is 14.2. The highest BCUT2D eigenvalue weighted by molar-refractivity contribution is 7.16. The lowest BCUT2D eigenvalue weighted by Gasteiger charge is -2.07. The van der Waals surface area contributed by atoms with Crippen LogP contribution in [0.1, 0.15) is 48.8 Å². The van der Waals surface area contributed by atoms with E-state index in [-0.39, 0.29) is 18.0 Å². The second-order valence-corrected chi connectivity index (χ2v) is 6.21. The second kappa shape index (κ2) is 6.96. The highest BCUT2D eigenvalue weighted by Gasteiger charge is 2.21. The number of esters is 2. The van der Waals surface area contributed by atoms with Crippen LogP contribution in [0.15, 0.2) is 11.6 Å². The molecule has 0 bridgehead atoms. The largest absolute Gasteiger partial charge is 0.466 e. The van der Waals surface area contributed by atoms with Gasteiger partial charge in [-0.05, 0) is 39.7 Å². The summed E-state index contributed by atoms with van der Waals surface area (Å²) in [5.74, 6) is -0.501. The van der Waals surface area contributed by atoms with E-state index < -0.39 is 0 Å². The topological polar surface area (TPSA) is 57.0 Å². The molecule has 6 heteroatoms. The number of aryl methyl sites for hydroxylation is 2. The summed E-state index contributed by atoms with van der Waals surface area (Å²) < 4.78 is 12.2. The Morgan fingerprint density at radius 3 is 2.73 bits per heavy atom. The van der Waals surface area contributed by atoms with Gasteiger partial charge in [-0.25, -0.2) is 4.79 Å². The van der Waals surface area contributed by atoms with Crippen LogP contribution < -0.4 is 0 Å². The van der Waals surface area contributed by atoms with Gasteiger partial charge in [0.15, 0.2) is 0 Å². The van der Waals surface area contributed by atoms with Crippen LogP contribution in [0.25, 0.3) is 4.83 Å². The van der Waals surface area contributed by atoms with E-state index >= 15 is 0 Å². The molecule has 120 valence electrons. The molecule has 0 aromatic carbocycles. The summed E-state index contributed by atoms with van der Waals surface area (Å²) in [6.45, 7) is 7.75. The minimum Gasteiger partial charge on any atom is -0.466 e. The van der Waals surface area contributed by atoms with Gasteiger partial charge in [0.1, 0.15) is 4.83 Å². The fourth-order valence-corrected chi connectivity index (χ4v) is 3.40. The number of hydrogen-bond acceptors (Lipinski definition) is 5. The van der Waals surface area contributed by atoms with Crippen molar-refractivity contribution in [3.8, 4) is 0 Å². The van der Waals surface area contributed by atoms with Gasteiger partial charge in [-0.1, -0.05) is 0 Å². The van der Waals surface area contributed by atoms with Gasteiger partial charge in [-0.2, -0.15) is 0 Å². The molecule has 2 heterocycles. The summed E-state index contributed by atoms with van der Waals surface area (Å²) in [5.41, 5.74) is 2.50. The molecule has 0 spiro atoms. The predicted octanol–water partition coefficient (Wildman–Crippen LogP) is 3.37. The van der Waals surface area contributed by atoms with Crippen molar-refractivity contribution in [2.75, 3.05) is 6.61 Å². The quantitative estimate of drug-likeness (QED) is 0.765. The van der Waals surface area contributed by atoms with Gasteiger partial charge in [0.2, 0.25) is 0 Å². The van der Waals surface area contributed by atoms with Crippen molar-refractivity contribution < 1.29 is 19.1 Å². The summed E-state index contributed by atoms with van der Waals surface area (Å²) >= 11 is 1.49. The van der Waals surface area contributed by atoms with Crippen LogP contribution >= 0.6 is 11.3 Å². The molecule has 0 radical (unpaired) electrons. The number of fused-ring (bicyclic) bond motifs is 1. The Morgan fingerprint density at radius 1 is 1.36 bits per heavy atom. The van der Waals surface area contributed by atoms with Gasteiger partial charge >= 0.3 is 11.9 Å². The summed E-state index contributed by atoms with van der Waals surface area (Å²) in [6.07, 6.45) is 2.70. The van der Waals surface area contributed by atoms with E-state index in [0.717, 1.165) is 16.1 Å². The Morgan fingerprint density at radius 2 is 2.09 bits per heavy atom. The van der Waals surface area contributed by atoms with Gasteiger partial charge in [0.05, 0.1) is 24.7 Å². The van der Waals surface area contributed by atoms with Crippen LogP contribution in [-0.2, 0) is 20.7 Å². The van der Waals surface area contributed by atoms with Crippen LogP contribution in [-0.4, -0.2) is 29.1 Å². The lowest BCUT2D eigenvalue weighted by molar-refractivity contribution is -0.143. The lowest BCUT2D eigenvalue weighted by atomic mass is 10.2. The number of carbonyl (C=O) groups is 2. The van der Waals surface area contributed by atoms with Crippen molar-refractivity contribution in [1.29, 1.82) is 0 Å². The first kappa shape index (κ1) is 16.5. The first-order valence-corrected chi connectivity index (χ1v) is 8.26. The minimum atomic E-state index is -0.297. The molecule has 0 saturated heterocycles. The number of nitrogens with zero attached hydrogens (tertiary/aromatic N) is 1. The molecular weight excluding hydrogens is 302 g/mol. The summed E-state index contributed by atoms with van der Waals surface area (Å²) in [4.78, 5) is 24.5. The Labute approximate surface area is 133 Å². The molecule has 0 fully saturated rings. The number of ether oxygens (including phenoxy) is 2. The average molecular weight is 323 g/mol. The third-order valence-electron chi connectivity index (χ3n) is 3.20. The zero-order valence-electron chi connectivity index (χ0n) is 13.3. The highest BCUT2D eigenvalue weighted by Crippen LogP contribution is 2.27. The SMILES string of the molecule is CCOC(=O)CCc1csc2c(C(=O)OC(C)C)c(C)cn12. The standard InChI is InChI=1S/C16H21NO4S/c1-5-20-13(18)7-6-12-9-22-15-14(11(4)8-17(12)15)16(19)21-10(2)3/h8-10H,5-7H2,1-4H3. The molecule has 2 aromatic rings. The molecule has 0 unspecified atom stereocenters. The molecule has 0 saturated carbocycles. The molecule has 22 heavy (non-hydrogen) atoms. The van der Waals surface area contributed by atoms with Crippen LogP contribution in [0.2, 0.25) is 0 Å². The van der Waals surface area contributed by atoms with Crippen LogP contribution in [0.5, 0.6) is 0 Å². The molecule has 5 nitrogen and oxygen atoms in total. The highest BCUT2D eigenvalue weighted by atomic mass is 32.1. The minimum absolute atomic E-state index is 0.148. The Balaban J connectivity index is 2.22. The van der Waals surface area contributed by atoms with Crippen LogP contribution in [0, 0.1) is 6.92 Å². The number of thiazole rings is 1. The zero-order chi connectivity index (χ0) is 16.3. The van der Waals surface area contributed by atoms with Gasteiger partial charge in [0, 0.05) is 17.3 Å². The first-order chi connectivity index (χ1) is 10.4. The van der Waals surface area contributed by atoms with Crippen molar-refractivity contribution in [3.05, 3.63) is 28.4 Å². The Kier molecular flexibility index (Phi) is 5.24. The fraction of sp³-hybridized carbons (Fsp3) is 0.500. The van der Waals surface area contributed by atoms with Crippen molar-refractivity contribution >= 4 is 28.1 Å². The first-order valence-electron chi connectivity index (χ1n) is 7.38. The average Bonchev–Trinajstić information content (AvgIpc) is 2.93. The third kappa shape index (κ3) is 3.50. The summed E-state index contributed by atoms with van der Waals surface area (Å²) in [5, 5.41) is 1.97. The van der Waals surface area contributed by atoms with Crippen molar-refractivity contribution in [1.82, 2.24) is 4.40 Å². The van der Waals surface area contributed by atoms with E-state index in [1.165, 1.54) is 11.3 Å². The molecule has 0 amide bonds. The Bertz CT molecular complexity index is 684. The van der Waals surface area contributed by atoms with Crippen molar-refractivity contribution in [3.63, 3.8) is 0 Å². The normalized spacial score (nSPS) is 11.1. The van der Waals surface area contributed by atoms with Gasteiger partial charge in [-0.3, -0.25) is 4.79 Å². The van der Waals surface area contributed by atoms with E-state index in [2.05, 4.69) is 0 Å². The maximum absolute atomic E-state index is 12.2. The number of aromatic nitrogens is 1. The third-order valence-corrected chi connectivity index (χ3v) is 4.22. The van der Waals surface area contributed by atoms with Crippen molar-refractivity contribution in [2.24, 2.45) is 0 Å². The maximum Gasteiger partial charge on any atom is 0.341 e. The maximum atomic E-state index is 12.2. The second-order valence-electron chi connectivity index (χ2n) is 5.35. The summed E-state index contributed by atoms with van der Waals surface area (Å²) in [7, 11) is 0. The fourth-order valence-electron chi connectivity index (χ4n) is 2.28. The van der Waals surface area contributed by atoms with E-state index in [4.69, 9.17) is 9.47 Å². The van der Waals surface area contributed by atoms with Crippen LogP contribution in [0.4, 0.5) is 0 Å². The smallest absolute Gasteiger partial charge is 0.341 e. The molecule has 0 aliphatic rings. The monoisotopic (exact) mass is 323 g/mol. The number of hydrogen-bond donors (Lipinski definition) is 0. The van der Waals surface area contributed by atoms with E-state index in [0.29, 0.717) is 25.0 Å². The number of carbonyl (C=O) groups excluding carboxylic acids is 2. The molecule has 0 aliphatic heterocycles. The Hall–Kier alpha value is -1.82. The molecule has 0 aliphatic carbocycles. The van der Waals surface area contributed by atoms with E-state index in [1.807, 2.05) is 36.7 Å². The molecular formula is C16H21NO4S. The summed E-state index contributed by atoms with van der Waals surface area (Å²) in [6, 6.07) is 0. The van der Waals surface area contributed by atoms with E-state index in [9.17, 15) is 9.59 Å². The molecule has 0 N–H and O–H groups in total. The van der Waals surface area contributed by atoms with E-state index in [1.54, 1.807) is 6.92 Å². The van der Waals surface area contributed by atoms with Gasteiger partial charge in [-0.15, -0.1) is 11.3 Å². The predicted molar refractivity (Wildman–Crippen MR) is 85.5 cm³/mol. The molecule has 2 aromatic heterocycles. The van der Waals surface area contributed by atoms with Crippen molar-refractivity contribution in [2.45, 2.75) is 46.6 Å². The lowest BCUT2D eigenvalue weighted by Crippen LogP contribution is -2.11. The molecule has 2 rings (SSSR count). The number of rotatable bonds is 6. The van der Waals surface area contributed by atoms with Gasteiger partial charge < -0.3 is 13.9 Å².